The van der Waals surface area contributed by atoms with Crippen LogP contribution in [0.5, 0.6) is 0 Å². The van der Waals surface area contributed by atoms with E-state index >= 15 is 0 Å². The number of hydrogen-bond acceptors (Lipinski definition) is 4. The fourth-order valence-electron chi connectivity index (χ4n) is 3.09. The third kappa shape index (κ3) is 6.27. The lowest BCUT2D eigenvalue weighted by Gasteiger charge is -2.09. The lowest BCUT2D eigenvalue weighted by Crippen LogP contribution is -2.25. The van der Waals surface area contributed by atoms with Crippen molar-refractivity contribution in [3.63, 3.8) is 0 Å². The molecule has 1 amide bonds. The van der Waals surface area contributed by atoms with Crippen molar-refractivity contribution in [2.75, 3.05) is 18.1 Å². The summed E-state index contributed by atoms with van der Waals surface area (Å²) < 4.78 is 22.8. The van der Waals surface area contributed by atoms with Crippen LogP contribution >= 0.6 is 0 Å². The van der Waals surface area contributed by atoms with Gasteiger partial charge in [0.25, 0.3) is 0 Å². The topological polar surface area (TPSA) is 80.3 Å². The summed E-state index contributed by atoms with van der Waals surface area (Å²) in [4.78, 5) is 24.0. The molecular weight excluding hydrogens is 338 g/mol. The first kappa shape index (κ1) is 19.6. The predicted molar refractivity (Wildman–Crippen MR) is 98.5 cm³/mol. The van der Waals surface area contributed by atoms with Crippen LogP contribution in [0.4, 0.5) is 0 Å². The fraction of sp³-hybridized carbons (Fsp3) is 0.579. The molecule has 0 saturated carbocycles. The molecule has 0 aromatic heterocycles. The van der Waals surface area contributed by atoms with Gasteiger partial charge in [0.1, 0.15) is 0 Å². The third-order valence-corrected chi connectivity index (χ3v) is 6.68. The number of sulfone groups is 1. The van der Waals surface area contributed by atoms with Crippen LogP contribution < -0.4 is 5.32 Å². The number of benzene rings is 1. The normalized spacial score (nSPS) is 18.9. The van der Waals surface area contributed by atoms with Gasteiger partial charge in [-0.05, 0) is 56.2 Å². The molecule has 5 nitrogen and oxygen atoms in total. The Morgan fingerprint density at radius 1 is 1.16 bits per heavy atom. The van der Waals surface area contributed by atoms with Crippen LogP contribution in [0.15, 0.2) is 18.2 Å². The van der Waals surface area contributed by atoms with Gasteiger partial charge in [0.05, 0.1) is 11.5 Å². The molecule has 1 atom stereocenters. The number of amides is 1. The van der Waals surface area contributed by atoms with Gasteiger partial charge >= 0.3 is 0 Å². The first-order valence-corrected chi connectivity index (χ1v) is 10.7. The molecule has 1 fully saturated rings. The second-order valence-corrected chi connectivity index (χ2v) is 9.21. The zero-order valence-electron chi connectivity index (χ0n) is 15.0. The molecule has 0 radical (unpaired) electrons. The van der Waals surface area contributed by atoms with Crippen LogP contribution in [-0.2, 0) is 14.6 Å². The van der Waals surface area contributed by atoms with Crippen molar-refractivity contribution in [1.82, 2.24) is 5.32 Å². The third-order valence-electron chi connectivity index (χ3n) is 4.85. The van der Waals surface area contributed by atoms with Crippen LogP contribution in [-0.4, -0.2) is 38.2 Å². The standard InChI is InChI=1S/C19H27NO4S/c1-14-5-6-17(12-15(14)2)18(21)7-8-19(22)20-10-3-4-16-9-11-25(23,24)13-16/h5-6,12,16H,3-4,7-11,13H2,1-2H3,(H,20,22). The highest BCUT2D eigenvalue weighted by molar-refractivity contribution is 7.91. The minimum absolute atomic E-state index is 0.0191. The van der Waals surface area contributed by atoms with Crippen LogP contribution in [0.1, 0.15) is 53.6 Å². The molecule has 0 aliphatic carbocycles. The Hall–Kier alpha value is -1.69. The van der Waals surface area contributed by atoms with Gasteiger partial charge in [-0.25, -0.2) is 8.42 Å². The molecule has 2 rings (SSSR count). The van der Waals surface area contributed by atoms with Crippen molar-refractivity contribution in [2.24, 2.45) is 5.92 Å². The molecule has 25 heavy (non-hydrogen) atoms. The van der Waals surface area contributed by atoms with Gasteiger partial charge in [-0.3, -0.25) is 9.59 Å². The molecule has 1 aromatic carbocycles. The molecule has 1 heterocycles. The van der Waals surface area contributed by atoms with E-state index in [0.717, 1.165) is 30.4 Å². The molecule has 1 unspecified atom stereocenters. The van der Waals surface area contributed by atoms with Gasteiger partial charge < -0.3 is 5.32 Å². The number of aryl methyl sites for hydroxylation is 2. The summed E-state index contributed by atoms with van der Waals surface area (Å²) in [6.45, 7) is 4.50. The molecule has 138 valence electrons. The molecule has 0 bridgehead atoms. The smallest absolute Gasteiger partial charge is 0.220 e. The van der Waals surface area contributed by atoms with Crippen LogP contribution in [0.2, 0.25) is 0 Å². The van der Waals surface area contributed by atoms with Crippen molar-refractivity contribution in [1.29, 1.82) is 0 Å². The summed E-state index contributed by atoms with van der Waals surface area (Å²) >= 11 is 0. The van der Waals surface area contributed by atoms with E-state index in [4.69, 9.17) is 0 Å². The monoisotopic (exact) mass is 365 g/mol. The summed E-state index contributed by atoms with van der Waals surface area (Å²) in [5.41, 5.74) is 2.87. The Kier molecular flexibility index (Phi) is 6.76. The van der Waals surface area contributed by atoms with Gasteiger partial charge in [-0.2, -0.15) is 0 Å². The Balaban J connectivity index is 1.63. The second-order valence-electron chi connectivity index (χ2n) is 6.98. The first-order chi connectivity index (χ1) is 11.8. The van der Waals surface area contributed by atoms with Crippen LogP contribution in [0.25, 0.3) is 0 Å². The maximum Gasteiger partial charge on any atom is 0.220 e. The van der Waals surface area contributed by atoms with E-state index in [0.29, 0.717) is 17.9 Å². The zero-order chi connectivity index (χ0) is 18.4. The number of rotatable bonds is 8. The zero-order valence-corrected chi connectivity index (χ0v) is 15.8. The van der Waals surface area contributed by atoms with Gasteiger partial charge in [-0.1, -0.05) is 12.1 Å². The minimum Gasteiger partial charge on any atom is -0.356 e. The molecule has 6 heteroatoms. The minimum atomic E-state index is -2.82. The SMILES string of the molecule is Cc1ccc(C(=O)CCC(=O)NCCCC2CCS(=O)(=O)C2)cc1C. The summed E-state index contributed by atoms with van der Waals surface area (Å²) in [7, 11) is -2.82. The summed E-state index contributed by atoms with van der Waals surface area (Å²) in [5.74, 6) is 0.662. The van der Waals surface area contributed by atoms with Crippen molar-refractivity contribution in [2.45, 2.75) is 46.0 Å². The van der Waals surface area contributed by atoms with E-state index in [1.807, 2.05) is 26.0 Å². The number of hydrogen-bond donors (Lipinski definition) is 1. The highest BCUT2D eigenvalue weighted by Crippen LogP contribution is 2.22. The molecule has 0 spiro atoms. The molecule has 1 aliphatic heterocycles. The lowest BCUT2D eigenvalue weighted by atomic mass is 10.0. The Labute approximate surface area is 150 Å². The maximum absolute atomic E-state index is 12.1. The number of nitrogens with one attached hydrogen (secondary N) is 1. The Morgan fingerprint density at radius 3 is 2.56 bits per heavy atom. The van der Waals surface area contributed by atoms with Gasteiger partial charge in [0.15, 0.2) is 15.6 Å². The quantitative estimate of drug-likeness (QED) is 0.567. The van der Waals surface area contributed by atoms with E-state index in [9.17, 15) is 18.0 Å². The van der Waals surface area contributed by atoms with Crippen molar-refractivity contribution >= 4 is 21.5 Å². The first-order valence-electron chi connectivity index (χ1n) is 8.84. The average Bonchev–Trinajstić information content (AvgIpc) is 2.91. The number of Topliss-reactive ketones (excluding diaryl/α,β-unsaturated/α-hetero) is 1. The largest absolute Gasteiger partial charge is 0.356 e. The molecular formula is C19H27NO4S. The van der Waals surface area contributed by atoms with Crippen molar-refractivity contribution in [3.8, 4) is 0 Å². The summed E-state index contributed by atoms with van der Waals surface area (Å²) in [6, 6.07) is 5.59. The van der Waals surface area contributed by atoms with Gasteiger partial charge in [0, 0.05) is 24.9 Å². The number of carbonyl (C=O) groups is 2. The second kappa shape index (κ2) is 8.61. The van der Waals surface area contributed by atoms with Crippen LogP contribution in [0, 0.1) is 19.8 Å². The summed E-state index contributed by atoms with van der Waals surface area (Å²) in [5, 5.41) is 2.81. The Bertz CT molecular complexity index is 740. The lowest BCUT2D eigenvalue weighted by molar-refractivity contribution is -0.121. The van der Waals surface area contributed by atoms with E-state index in [-0.39, 0.29) is 36.2 Å². The highest BCUT2D eigenvalue weighted by atomic mass is 32.2. The number of carbonyl (C=O) groups excluding carboxylic acids is 2. The summed E-state index contributed by atoms with van der Waals surface area (Å²) in [6.07, 6.45) is 2.72. The van der Waals surface area contributed by atoms with Crippen LogP contribution in [0.3, 0.4) is 0 Å². The van der Waals surface area contributed by atoms with E-state index in [2.05, 4.69) is 5.32 Å². The average molecular weight is 365 g/mol. The number of ketones is 1. The van der Waals surface area contributed by atoms with Gasteiger partial charge in [0.2, 0.25) is 5.91 Å². The fourth-order valence-corrected chi connectivity index (χ4v) is 5.00. The van der Waals surface area contributed by atoms with E-state index in [1.165, 1.54) is 0 Å². The van der Waals surface area contributed by atoms with Gasteiger partial charge in [-0.15, -0.1) is 0 Å². The van der Waals surface area contributed by atoms with Crippen molar-refractivity contribution in [3.05, 3.63) is 34.9 Å². The van der Waals surface area contributed by atoms with Crippen molar-refractivity contribution < 1.29 is 18.0 Å². The van der Waals surface area contributed by atoms with E-state index in [1.54, 1.807) is 6.07 Å². The predicted octanol–water partition coefficient (Wildman–Crippen LogP) is 2.60. The Morgan fingerprint density at radius 2 is 1.92 bits per heavy atom. The molecule has 1 saturated heterocycles. The molecule has 1 N–H and O–H groups in total. The highest BCUT2D eigenvalue weighted by Gasteiger charge is 2.27. The van der Waals surface area contributed by atoms with E-state index < -0.39 is 9.84 Å². The molecule has 1 aromatic rings. The molecule has 1 aliphatic rings. The maximum atomic E-state index is 12.1.